The van der Waals surface area contributed by atoms with E-state index in [-0.39, 0.29) is 17.1 Å². The molecule has 2 aromatic carbocycles. The summed E-state index contributed by atoms with van der Waals surface area (Å²) in [5.41, 5.74) is 3.54. The molecule has 0 radical (unpaired) electrons. The maximum atomic E-state index is 13.7. The fourth-order valence-corrected chi connectivity index (χ4v) is 5.23. The maximum absolute atomic E-state index is 13.7. The minimum absolute atomic E-state index is 0.147. The number of rotatable bonds is 6. The summed E-state index contributed by atoms with van der Waals surface area (Å²) in [6, 6.07) is 11.1. The van der Waals surface area contributed by atoms with Crippen molar-refractivity contribution in [2.24, 2.45) is 0 Å². The van der Waals surface area contributed by atoms with Gasteiger partial charge in [0.05, 0.1) is 30.2 Å². The van der Waals surface area contributed by atoms with Crippen LogP contribution in [0.4, 0.5) is 0 Å². The number of carbonyl (C=O) groups excluding carboxylic acids is 1. The number of benzene rings is 2. The van der Waals surface area contributed by atoms with Crippen LogP contribution in [0.5, 0.6) is 0 Å². The Morgan fingerprint density at radius 2 is 1.77 bits per heavy atom. The molecule has 35 heavy (non-hydrogen) atoms. The van der Waals surface area contributed by atoms with Gasteiger partial charge in [0, 0.05) is 31.2 Å². The summed E-state index contributed by atoms with van der Waals surface area (Å²) in [5.74, 6) is 0.311. The van der Waals surface area contributed by atoms with Gasteiger partial charge in [0.15, 0.2) is 5.43 Å². The van der Waals surface area contributed by atoms with Crippen LogP contribution in [-0.2, 0) is 4.74 Å². The van der Waals surface area contributed by atoms with E-state index in [4.69, 9.17) is 20.8 Å². The third kappa shape index (κ3) is 4.51. The van der Waals surface area contributed by atoms with Crippen LogP contribution in [0.25, 0.3) is 11.0 Å². The molecule has 1 unspecified atom stereocenters. The number of halogens is 1. The number of morpholine rings is 1. The number of ether oxygens (including phenoxy) is 1. The van der Waals surface area contributed by atoms with Crippen molar-refractivity contribution in [2.75, 3.05) is 39.4 Å². The smallest absolute Gasteiger partial charge is 0.290 e. The number of carbonyl (C=O) groups is 1. The monoisotopic (exact) mass is 494 g/mol. The van der Waals surface area contributed by atoms with Crippen LogP contribution in [0.2, 0.25) is 5.02 Å². The number of nitrogens with zero attached hydrogens (tertiary/aromatic N) is 2. The molecule has 1 fully saturated rings. The zero-order valence-corrected chi connectivity index (χ0v) is 21.2. The van der Waals surface area contributed by atoms with Gasteiger partial charge in [-0.25, -0.2) is 0 Å². The molecular formula is C28H31ClN2O4. The fourth-order valence-electron chi connectivity index (χ4n) is 5.07. The first kappa shape index (κ1) is 24.0. The second-order valence-electron chi connectivity index (χ2n) is 9.80. The molecule has 0 spiro atoms. The predicted octanol–water partition coefficient (Wildman–Crippen LogP) is 5.15. The Hall–Kier alpha value is -2.67. The van der Waals surface area contributed by atoms with Gasteiger partial charge in [-0.3, -0.25) is 14.5 Å². The van der Waals surface area contributed by atoms with Crippen LogP contribution in [0, 0.1) is 6.92 Å². The first-order valence-electron chi connectivity index (χ1n) is 12.3. The zero-order chi connectivity index (χ0) is 24.7. The van der Waals surface area contributed by atoms with E-state index >= 15 is 0 Å². The summed E-state index contributed by atoms with van der Waals surface area (Å²) in [5, 5.41) is 0.917. The summed E-state index contributed by atoms with van der Waals surface area (Å²) in [4.78, 5) is 31.5. The minimum Gasteiger partial charge on any atom is -0.450 e. The van der Waals surface area contributed by atoms with Crippen LogP contribution >= 0.6 is 11.6 Å². The van der Waals surface area contributed by atoms with E-state index in [1.165, 1.54) is 5.56 Å². The average molecular weight is 495 g/mol. The lowest BCUT2D eigenvalue weighted by atomic mass is 9.95. The molecule has 0 saturated carbocycles. The number of hydrogen-bond donors (Lipinski definition) is 0. The SMILES string of the molecule is Cc1cc2oc3c(c(=O)c2cc1Cl)C(c1ccc(C(C)C)cc1)N(CCCN1CCOCC1)C3=O. The molecule has 5 rings (SSSR count). The van der Waals surface area contributed by atoms with Gasteiger partial charge in [0.2, 0.25) is 5.76 Å². The molecule has 1 saturated heterocycles. The van der Waals surface area contributed by atoms with Crippen molar-refractivity contribution in [3.8, 4) is 0 Å². The lowest BCUT2D eigenvalue weighted by Gasteiger charge is -2.29. The molecule has 3 aromatic rings. The minimum atomic E-state index is -0.482. The lowest BCUT2D eigenvalue weighted by Crippen LogP contribution is -2.38. The molecule has 0 bridgehead atoms. The first-order chi connectivity index (χ1) is 16.8. The van der Waals surface area contributed by atoms with Crippen molar-refractivity contribution in [2.45, 2.75) is 39.2 Å². The Labute approximate surface area is 210 Å². The quantitative estimate of drug-likeness (QED) is 0.474. The summed E-state index contributed by atoms with van der Waals surface area (Å²) in [7, 11) is 0. The molecule has 3 heterocycles. The third-order valence-corrected chi connectivity index (χ3v) is 7.55. The molecule has 0 N–H and O–H groups in total. The van der Waals surface area contributed by atoms with E-state index < -0.39 is 6.04 Å². The summed E-state index contributed by atoms with van der Waals surface area (Å²) in [6.07, 6.45) is 0.805. The molecule has 1 aromatic heterocycles. The Morgan fingerprint density at radius 1 is 1.06 bits per heavy atom. The van der Waals surface area contributed by atoms with E-state index in [2.05, 4.69) is 30.9 Å². The number of aryl methyl sites for hydroxylation is 1. The standard InChI is InChI=1S/C28H31ClN2O4/c1-17(2)19-5-7-20(8-6-19)25-24-26(32)21-16-22(29)18(3)15-23(21)35-27(24)28(33)31(25)10-4-9-30-11-13-34-14-12-30/h5-8,15-17,25H,4,9-14H2,1-3H3. The molecule has 2 aliphatic heterocycles. The van der Waals surface area contributed by atoms with Crippen molar-refractivity contribution >= 4 is 28.5 Å². The summed E-state index contributed by atoms with van der Waals surface area (Å²) in [6.45, 7) is 10.8. The molecule has 0 aliphatic carbocycles. The van der Waals surface area contributed by atoms with Gasteiger partial charge in [0.25, 0.3) is 5.91 Å². The van der Waals surface area contributed by atoms with E-state index in [1.54, 1.807) is 17.0 Å². The molecule has 184 valence electrons. The highest BCUT2D eigenvalue weighted by Gasteiger charge is 2.42. The van der Waals surface area contributed by atoms with Gasteiger partial charge < -0.3 is 14.1 Å². The van der Waals surface area contributed by atoms with Crippen LogP contribution in [0.3, 0.4) is 0 Å². The number of fused-ring (bicyclic) bond motifs is 2. The van der Waals surface area contributed by atoms with Gasteiger partial charge >= 0.3 is 0 Å². The van der Waals surface area contributed by atoms with Gasteiger partial charge in [-0.05, 0) is 48.1 Å². The van der Waals surface area contributed by atoms with Crippen molar-refractivity contribution in [3.63, 3.8) is 0 Å². The highest BCUT2D eigenvalue weighted by Crippen LogP contribution is 2.39. The Kier molecular flexibility index (Phi) is 6.71. The summed E-state index contributed by atoms with van der Waals surface area (Å²) >= 11 is 6.34. The Bertz CT molecular complexity index is 1310. The zero-order valence-electron chi connectivity index (χ0n) is 20.5. The van der Waals surface area contributed by atoms with Crippen molar-refractivity contribution in [1.82, 2.24) is 9.80 Å². The molecule has 6 nitrogen and oxygen atoms in total. The van der Waals surface area contributed by atoms with Gasteiger partial charge in [-0.2, -0.15) is 0 Å². The fraction of sp³-hybridized carbons (Fsp3) is 0.429. The molecular weight excluding hydrogens is 464 g/mol. The van der Waals surface area contributed by atoms with E-state index in [9.17, 15) is 9.59 Å². The first-order valence-corrected chi connectivity index (χ1v) is 12.7. The maximum Gasteiger partial charge on any atom is 0.290 e. The largest absolute Gasteiger partial charge is 0.450 e. The van der Waals surface area contributed by atoms with E-state index in [0.29, 0.717) is 34.0 Å². The normalized spacial score (nSPS) is 18.6. The van der Waals surface area contributed by atoms with Gasteiger partial charge in [0.1, 0.15) is 5.58 Å². The van der Waals surface area contributed by atoms with Crippen LogP contribution < -0.4 is 5.43 Å². The Morgan fingerprint density at radius 3 is 2.46 bits per heavy atom. The number of hydrogen-bond acceptors (Lipinski definition) is 5. The van der Waals surface area contributed by atoms with Crippen molar-refractivity contribution < 1.29 is 13.9 Å². The van der Waals surface area contributed by atoms with Gasteiger partial charge in [-0.1, -0.05) is 49.7 Å². The van der Waals surface area contributed by atoms with Crippen molar-refractivity contribution in [3.05, 3.63) is 79.7 Å². The van der Waals surface area contributed by atoms with Crippen LogP contribution in [-0.4, -0.2) is 55.1 Å². The molecule has 7 heteroatoms. The summed E-state index contributed by atoms with van der Waals surface area (Å²) < 4.78 is 11.5. The molecule has 1 atom stereocenters. The van der Waals surface area contributed by atoms with Crippen molar-refractivity contribution in [1.29, 1.82) is 0 Å². The lowest BCUT2D eigenvalue weighted by molar-refractivity contribution is 0.0353. The number of amides is 1. The van der Waals surface area contributed by atoms with E-state index in [1.807, 2.05) is 19.1 Å². The third-order valence-electron chi connectivity index (χ3n) is 7.14. The Balaban J connectivity index is 1.55. The highest BCUT2D eigenvalue weighted by molar-refractivity contribution is 6.32. The second-order valence-corrected chi connectivity index (χ2v) is 10.2. The van der Waals surface area contributed by atoms with E-state index in [0.717, 1.165) is 50.4 Å². The van der Waals surface area contributed by atoms with Crippen LogP contribution in [0.15, 0.2) is 45.6 Å². The van der Waals surface area contributed by atoms with Gasteiger partial charge in [-0.15, -0.1) is 0 Å². The average Bonchev–Trinajstić information content (AvgIpc) is 3.13. The second kappa shape index (κ2) is 9.76. The molecule has 2 aliphatic rings. The predicted molar refractivity (Wildman–Crippen MR) is 138 cm³/mol. The van der Waals surface area contributed by atoms with Crippen LogP contribution in [0.1, 0.15) is 65.0 Å². The highest BCUT2D eigenvalue weighted by atomic mass is 35.5. The topological polar surface area (TPSA) is 63.0 Å². The molecule has 1 amide bonds.